The minimum absolute atomic E-state index is 0.196. The highest BCUT2D eigenvalue weighted by molar-refractivity contribution is 5.80. The zero-order valence-electron chi connectivity index (χ0n) is 18.4. The monoisotopic (exact) mass is 407 g/mol. The van der Waals surface area contributed by atoms with Gasteiger partial charge in [0.05, 0.1) is 7.11 Å². The number of rotatable bonds is 4. The molecule has 0 unspecified atom stereocenters. The lowest BCUT2D eigenvalue weighted by atomic mass is 9.76. The van der Waals surface area contributed by atoms with Gasteiger partial charge < -0.3 is 14.7 Å². The first-order valence-electron chi connectivity index (χ1n) is 11.2. The number of hydrogen-bond acceptors (Lipinski definition) is 3. The van der Waals surface area contributed by atoms with E-state index in [1.807, 2.05) is 6.07 Å². The smallest absolute Gasteiger partial charge is 0.225 e. The summed E-state index contributed by atoms with van der Waals surface area (Å²) >= 11 is 0. The van der Waals surface area contributed by atoms with E-state index in [1.165, 1.54) is 24.0 Å². The molecule has 4 heteroatoms. The third-order valence-electron chi connectivity index (χ3n) is 7.12. The van der Waals surface area contributed by atoms with Gasteiger partial charge in [-0.15, -0.1) is 0 Å². The fraction of sp³-hybridized carbons (Fsp3) is 0.500. The summed E-state index contributed by atoms with van der Waals surface area (Å²) in [5.41, 5.74) is 4.62. The number of benzene rings is 2. The summed E-state index contributed by atoms with van der Waals surface area (Å²) in [5, 5.41) is 9.80. The second kappa shape index (κ2) is 8.71. The molecule has 1 amide bonds. The molecule has 160 valence electrons. The standard InChI is InChI=1S/C26H33NO3/c1-17(2)18-7-9-19(10-8-18)26(29)27-14-13-22-20(16-27)5-4-6-23(22)24-12-11-21(28)15-25(24)30-3/h4-6,11-12,15,17-19,28H,7-10,13-14,16H2,1-3H3. The van der Waals surface area contributed by atoms with Gasteiger partial charge >= 0.3 is 0 Å². The van der Waals surface area contributed by atoms with Gasteiger partial charge in [0.25, 0.3) is 0 Å². The molecule has 1 fully saturated rings. The van der Waals surface area contributed by atoms with Crippen molar-refractivity contribution >= 4 is 5.91 Å². The lowest BCUT2D eigenvalue weighted by Gasteiger charge is -2.36. The summed E-state index contributed by atoms with van der Waals surface area (Å²) in [6.45, 7) is 6.06. The topological polar surface area (TPSA) is 49.8 Å². The van der Waals surface area contributed by atoms with E-state index in [2.05, 4.69) is 36.9 Å². The molecular weight excluding hydrogens is 374 g/mol. The van der Waals surface area contributed by atoms with Crippen LogP contribution in [0.2, 0.25) is 0 Å². The van der Waals surface area contributed by atoms with Crippen LogP contribution in [0.25, 0.3) is 11.1 Å². The Morgan fingerprint density at radius 1 is 1.10 bits per heavy atom. The Balaban J connectivity index is 1.52. The molecule has 1 heterocycles. The minimum atomic E-state index is 0.196. The predicted molar refractivity (Wildman–Crippen MR) is 120 cm³/mol. The van der Waals surface area contributed by atoms with Crippen molar-refractivity contribution in [2.75, 3.05) is 13.7 Å². The van der Waals surface area contributed by atoms with Crippen LogP contribution in [0.3, 0.4) is 0 Å². The summed E-state index contributed by atoms with van der Waals surface area (Å²) in [6.07, 6.45) is 5.29. The average Bonchev–Trinajstić information content (AvgIpc) is 2.77. The molecule has 1 aliphatic carbocycles. The number of aromatic hydroxyl groups is 1. The maximum atomic E-state index is 13.2. The van der Waals surface area contributed by atoms with Crippen molar-refractivity contribution in [1.29, 1.82) is 0 Å². The number of carbonyl (C=O) groups is 1. The van der Waals surface area contributed by atoms with Gasteiger partial charge in [-0.05, 0) is 72.8 Å². The number of phenolic OH excluding ortho intramolecular Hbond substituents is 1. The molecule has 2 aromatic rings. The van der Waals surface area contributed by atoms with Crippen molar-refractivity contribution in [1.82, 2.24) is 4.90 Å². The lowest BCUT2D eigenvalue weighted by molar-refractivity contribution is -0.138. The Hall–Kier alpha value is -2.49. The molecule has 4 nitrogen and oxygen atoms in total. The van der Waals surface area contributed by atoms with Gasteiger partial charge in [0, 0.05) is 30.6 Å². The van der Waals surface area contributed by atoms with E-state index in [4.69, 9.17) is 4.74 Å². The first kappa shape index (κ1) is 20.8. The molecule has 0 saturated heterocycles. The summed E-state index contributed by atoms with van der Waals surface area (Å²) in [5.74, 6) is 2.91. The van der Waals surface area contributed by atoms with Gasteiger partial charge in [0.15, 0.2) is 0 Å². The highest BCUT2D eigenvalue weighted by Gasteiger charge is 2.32. The number of nitrogens with zero attached hydrogens (tertiary/aromatic N) is 1. The number of hydrogen-bond donors (Lipinski definition) is 1. The quantitative estimate of drug-likeness (QED) is 0.737. The zero-order chi connectivity index (χ0) is 21.3. The second-order valence-corrected chi connectivity index (χ2v) is 9.19. The van der Waals surface area contributed by atoms with Crippen molar-refractivity contribution in [2.45, 2.75) is 52.5 Å². The Bertz CT molecular complexity index is 912. The van der Waals surface area contributed by atoms with Crippen LogP contribution in [-0.2, 0) is 17.8 Å². The number of phenols is 1. The number of fused-ring (bicyclic) bond motifs is 1. The minimum Gasteiger partial charge on any atom is -0.508 e. The molecule has 2 aromatic carbocycles. The van der Waals surface area contributed by atoms with Crippen LogP contribution >= 0.6 is 0 Å². The first-order chi connectivity index (χ1) is 14.5. The van der Waals surface area contributed by atoms with E-state index in [0.717, 1.165) is 48.8 Å². The molecule has 1 aliphatic heterocycles. The fourth-order valence-corrected chi connectivity index (χ4v) is 5.24. The van der Waals surface area contributed by atoms with E-state index in [1.54, 1.807) is 19.2 Å². The Morgan fingerprint density at radius 2 is 1.87 bits per heavy atom. The molecule has 2 aliphatic rings. The number of ether oxygens (including phenoxy) is 1. The maximum Gasteiger partial charge on any atom is 0.225 e. The van der Waals surface area contributed by atoms with Crippen LogP contribution in [0.5, 0.6) is 11.5 Å². The normalized spacial score (nSPS) is 21.4. The number of carbonyl (C=O) groups excluding carboxylic acids is 1. The Labute approximate surface area is 179 Å². The molecule has 0 aromatic heterocycles. The van der Waals surface area contributed by atoms with Gasteiger partial charge in [-0.25, -0.2) is 0 Å². The lowest BCUT2D eigenvalue weighted by Crippen LogP contribution is -2.41. The van der Waals surface area contributed by atoms with Gasteiger partial charge in [-0.3, -0.25) is 4.79 Å². The van der Waals surface area contributed by atoms with Gasteiger partial charge in [-0.1, -0.05) is 32.0 Å². The van der Waals surface area contributed by atoms with Crippen molar-refractivity contribution < 1.29 is 14.6 Å². The van der Waals surface area contributed by atoms with E-state index < -0.39 is 0 Å². The Kier molecular flexibility index (Phi) is 6.03. The molecule has 1 N–H and O–H groups in total. The molecule has 0 atom stereocenters. The first-order valence-corrected chi connectivity index (χ1v) is 11.2. The summed E-state index contributed by atoms with van der Waals surface area (Å²) in [4.78, 5) is 15.3. The van der Waals surface area contributed by atoms with Crippen LogP contribution in [0.15, 0.2) is 36.4 Å². The second-order valence-electron chi connectivity index (χ2n) is 9.19. The zero-order valence-corrected chi connectivity index (χ0v) is 18.4. The number of methoxy groups -OCH3 is 1. The highest BCUT2D eigenvalue weighted by Crippen LogP contribution is 2.39. The van der Waals surface area contributed by atoms with Gasteiger partial charge in [-0.2, -0.15) is 0 Å². The maximum absolute atomic E-state index is 13.2. The highest BCUT2D eigenvalue weighted by atomic mass is 16.5. The molecule has 1 saturated carbocycles. The van der Waals surface area contributed by atoms with E-state index in [-0.39, 0.29) is 11.7 Å². The predicted octanol–water partition coefficient (Wildman–Crippen LogP) is 5.41. The van der Waals surface area contributed by atoms with Crippen LogP contribution < -0.4 is 4.74 Å². The van der Waals surface area contributed by atoms with E-state index in [0.29, 0.717) is 18.2 Å². The van der Waals surface area contributed by atoms with Crippen molar-refractivity contribution in [3.05, 3.63) is 47.5 Å². The van der Waals surface area contributed by atoms with E-state index >= 15 is 0 Å². The van der Waals surface area contributed by atoms with Crippen molar-refractivity contribution in [2.24, 2.45) is 17.8 Å². The van der Waals surface area contributed by atoms with Crippen molar-refractivity contribution in [3.63, 3.8) is 0 Å². The molecule has 0 radical (unpaired) electrons. The van der Waals surface area contributed by atoms with Crippen LogP contribution in [0, 0.1) is 17.8 Å². The van der Waals surface area contributed by atoms with Crippen LogP contribution in [-0.4, -0.2) is 29.6 Å². The van der Waals surface area contributed by atoms with Gasteiger partial charge in [0.2, 0.25) is 5.91 Å². The summed E-state index contributed by atoms with van der Waals surface area (Å²) < 4.78 is 5.51. The fourth-order valence-electron chi connectivity index (χ4n) is 5.24. The van der Waals surface area contributed by atoms with E-state index in [9.17, 15) is 9.90 Å². The molecule has 30 heavy (non-hydrogen) atoms. The third kappa shape index (κ3) is 4.05. The molecule has 0 spiro atoms. The molecule has 4 rings (SSSR count). The number of amides is 1. The average molecular weight is 408 g/mol. The SMILES string of the molecule is COc1cc(O)ccc1-c1cccc2c1CCN(C(=O)C1CCC(C(C)C)CC1)C2. The van der Waals surface area contributed by atoms with Gasteiger partial charge in [0.1, 0.15) is 11.5 Å². The summed E-state index contributed by atoms with van der Waals surface area (Å²) in [7, 11) is 1.63. The molecule has 0 bridgehead atoms. The van der Waals surface area contributed by atoms with Crippen molar-refractivity contribution in [3.8, 4) is 22.6 Å². The third-order valence-corrected chi connectivity index (χ3v) is 7.12. The summed E-state index contributed by atoms with van der Waals surface area (Å²) in [6, 6.07) is 11.6. The van der Waals surface area contributed by atoms with Crippen LogP contribution in [0.4, 0.5) is 0 Å². The van der Waals surface area contributed by atoms with Crippen LogP contribution in [0.1, 0.15) is 50.7 Å². The Morgan fingerprint density at radius 3 is 2.57 bits per heavy atom. The molecular formula is C26H33NO3. The largest absolute Gasteiger partial charge is 0.508 e.